The molecule has 1 atom stereocenters. The van der Waals surface area contributed by atoms with Gasteiger partial charge in [0, 0.05) is 6.54 Å². The third-order valence-corrected chi connectivity index (χ3v) is 6.55. The average molecular weight is 445 g/mol. The van der Waals surface area contributed by atoms with Gasteiger partial charge in [-0.3, -0.25) is 4.57 Å². The lowest BCUT2D eigenvalue weighted by Crippen LogP contribution is -2.28. The third kappa shape index (κ3) is 4.65. The SMILES string of the molecule is CCn1c(C(C)NS(=O)(=O)c2ccc(C#N)cc2Cl)cnc1Oc1ccc(C)cc1. The van der Waals surface area contributed by atoms with Crippen molar-refractivity contribution in [2.24, 2.45) is 0 Å². The van der Waals surface area contributed by atoms with Crippen LogP contribution in [-0.2, 0) is 16.6 Å². The zero-order chi connectivity index (χ0) is 21.9. The zero-order valence-electron chi connectivity index (χ0n) is 16.8. The van der Waals surface area contributed by atoms with Crippen LogP contribution in [0, 0.1) is 18.3 Å². The molecule has 1 heterocycles. The fourth-order valence-corrected chi connectivity index (χ4v) is 4.73. The molecule has 3 rings (SSSR count). The molecule has 9 heteroatoms. The molecule has 1 unspecified atom stereocenters. The van der Waals surface area contributed by atoms with Gasteiger partial charge in [-0.2, -0.15) is 5.26 Å². The van der Waals surface area contributed by atoms with Crippen molar-refractivity contribution in [1.82, 2.24) is 14.3 Å². The van der Waals surface area contributed by atoms with Gasteiger partial charge in [-0.1, -0.05) is 29.3 Å². The average Bonchev–Trinajstić information content (AvgIpc) is 3.11. The van der Waals surface area contributed by atoms with Crippen LogP contribution in [0.2, 0.25) is 5.02 Å². The number of benzene rings is 2. The van der Waals surface area contributed by atoms with E-state index in [9.17, 15) is 8.42 Å². The van der Waals surface area contributed by atoms with Crippen molar-refractivity contribution in [2.75, 3.05) is 0 Å². The molecule has 1 N–H and O–H groups in total. The maximum Gasteiger partial charge on any atom is 0.302 e. The van der Waals surface area contributed by atoms with Crippen LogP contribution in [0.15, 0.2) is 53.6 Å². The molecule has 1 aromatic heterocycles. The standard InChI is InChI=1S/C21H21ClN4O3S/c1-4-26-19(13-24-21(26)29-17-8-5-14(2)6-9-17)15(3)25-30(27,28)20-10-7-16(12-23)11-18(20)22/h5-11,13,15,25H,4H2,1-3H3. The molecule has 0 saturated carbocycles. The number of aromatic nitrogens is 2. The first kappa shape index (κ1) is 21.8. The van der Waals surface area contributed by atoms with Gasteiger partial charge in [0.25, 0.3) is 0 Å². The van der Waals surface area contributed by atoms with Crippen LogP contribution in [0.3, 0.4) is 0 Å². The summed E-state index contributed by atoms with van der Waals surface area (Å²) in [6.07, 6.45) is 1.58. The van der Waals surface area contributed by atoms with Gasteiger partial charge in [0.2, 0.25) is 10.0 Å². The largest absolute Gasteiger partial charge is 0.426 e. The minimum Gasteiger partial charge on any atom is -0.426 e. The third-order valence-electron chi connectivity index (χ3n) is 4.52. The lowest BCUT2D eigenvalue weighted by molar-refractivity contribution is 0.408. The molecule has 30 heavy (non-hydrogen) atoms. The Bertz CT molecular complexity index is 1200. The van der Waals surface area contributed by atoms with Crippen LogP contribution >= 0.6 is 11.6 Å². The molecule has 0 aliphatic carbocycles. The smallest absolute Gasteiger partial charge is 0.302 e. The van der Waals surface area contributed by atoms with E-state index in [1.54, 1.807) is 17.7 Å². The maximum atomic E-state index is 12.8. The molecule has 0 saturated heterocycles. The molecule has 0 amide bonds. The Balaban J connectivity index is 1.84. The van der Waals surface area contributed by atoms with E-state index in [-0.39, 0.29) is 15.5 Å². The van der Waals surface area contributed by atoms with Crippen molar-refractivity contribution >= 4 is 21.6 Å². The molecule has 0 radical (unpaired) electrons. The number of sulfonamides is 1. The first-order valence-electron chi connectivity index (χ1n) is 9.27. The van der Waals surface area contributed by atoms with Gasteiger partial charge in [0.05, 0.1) is 34.6 Å². The number of halogens is 1. The van der Waals surface area contributed by atoms with E-state index in [0.717, 1.165) is 5.56 Å². The molecule has 0 bridgehead atoms. The number of imidazole rings is 1. The second-order valence-electron chi connectivity index (χ2n) is 6.72. The fourth-order valence-electron chi connectivity index (χ4n) is 2.97. The van der Waals surface area contributed by atoms with Crippen molar-refractivity contribution in [1.29, 1.82) is 5.26 Å². The van der Waals surface area contributed by atoms with Gasteiger partial charge in [-0.15, -0.1) is 0 Å². The summed E-state index contributed by atoms with van der Waals surface area (Å²) in [6.45, 7) is 6.17. The number of aryl methyl sites for hydroxylation is 1. The summed E-state index contributed by atoms with van der Waals surface area (Å²) in [6, 6.07) is 13.3. The van der Waals surface area contributed by atoms with E-state index in [2.05, 4.69) is 9.71 Å². The number of nitriles is 1. The Morgan fingerprint density at radius 2 is 1.97 bits per heavy atom. The van der Waals surface area contributed by atoms with Crippen LogP contribution in [0.4, 0.5) is 0 Å². The maximum absolute atomic E-state index is 12.8. The van der Waals surface area contributed by atoms with Crippen molar-refractivity contribution in [2.45, 2.75) is 38.3 Å². The number of ether oxygens (including phenoxy) is 1. The number of nitrogens with one attached hydrogen (secondary N) is 1. The fraction of sp³-hybridized carbons (Fsp3) is 0.238. The predicted octanol–water partition coefficient (Wildman–Crippen LogP) is 4.57. The molecule has 0 aliphatic rings. The molecule has 2 aromatic carbocycles. The lowest BCUT2D eigenvalue weighted by atomic mass is 10.2. The number of nitrogens with zero attached hydrogens (tertiary/aromatic N) is 3. The van der Waals surface area contributed by atoms with E-state index in [4.69, 9.17) is 21.6 Å². The topological polar surface area (TPSA) is 97.0 Å². The summed E-state index contributed by atoms with van der Waals surface area (Å²) in [4.78, 5) is 4.22. The highest BCUT2D eigenvalue weighted by molar-refractivity contribution is 7.89. The second-order valence-corrected chi connectivity index (χ2v) is 8.81. The Hall–Kier alpha value is -2.86. The van der Waals surface area contributed by atoms with Gasteiger partial charge in [-0.25, -0.2) is 18.1 Å². The second kappa shape index (κ2) is 8.88. The Morgan fingerprint density at radius 1 is 1.27 bits per heavy atom. The number of hydrogen-bond acceptors (Lipinski definition) is 5. The van der Waals surface area contributed by atoms with Crippen LogP contribution in [0.25, 0.3) is 0 Å². The first-order valence-corrected chi connectivity index (χ1v) is 11.1. The van der Waals surface area contributed by atoms with Gasteiger partial charge >= 0.3 is 6.01 Å². The predicted molar refractivity (Wildman–Crippen MR) is 114 cm³/mol. The highest BCUT2D eigenvalue weighted by atomic mass is 35.5. The summed E-state index contributed by atoms with van der Waals surface area (Å²) >= 11 is 6.08. The molecule has 7 nitrogen and oxygen atoms in total. The summed E-state index contributed by atoms with van der Waals surface area (Å²) in [7, 11) is -3.92. The zero-order valence-corrected chi connectivity index (χ0v) is 18.3. The summed E-state index contributed by atoms with van der Waals surface area (Å²) in [5.74, 6) is 0.644. The molecule has 0 fully saturated rings. The monoisotopic (exact) mass is 444 g/mol. The van der Waals surface area contributed by atoms with E-state index in [1.165, 1.54) is 18.2 Å². The van der Waals surface area contributed by atoms with E-state index in [1.807, 2.05) is 44.2 Å². The highest BCUT2D eigenvalue weighted by Gasteiger charge is 2.24. The normalized spacial score (nSPS) is 12.4. The van der Waals surface area contributed by atoms with E-state index >= 15 is 0 Å². The van der Waals surface area contributed by atoms with E-state index in [0.29, 0.717) is 24.0 Å². The molecule has 3 aromatic rings. The summed E-state index contributed by atoms with van der Waals surface area (Å²) in [5, 5.41) is 8.92. The van der Waals surface area contributed by atoms with E-state index < -0.39 is 16.1 Å². The van der Waals surface area contributed by atoms with Crippen LogP contribution in [0.1, 0.15) is 36.7 Å². The first-order chi connectivity index (χ1) is 14.2. The van der Waals surface area contributed by atoms with Crippen molar-refractivity contribution < 1.29 is 13.2 Å². The minimum atomic E-state index is -3.92. The quantitative estimate of drug-likeness (QED) is 0.575. The highest BCUT2D eigenvalue weighted by Crippen LogP contribution is 2.27. The van der Waals surface area contributed by atoms with Crippen molar-refractivity contribution in [3.05, 3.63) is 70.5 Å². The summed E-state index contributed by atoms with van der Waals surface area (Å²) in [5.41, 5.74) is 2.05. The van der Waals surface area contributed by atoms with Crippen molar-refractivity contribution in [3.8, 4) is 17.8 Å². The lowest BCUT2D eigenvalue weighted by Gasteiger charge is -2.17. The molecule has 0 spiro atoms. The van der Waals surface area contributed by atoms with Crippen molar-refractivity contribution in [3.63, 3.8) is 0 Å². The van der Waals surface area contributed by atoms with Crippen LogP contribution < -0.4 is 9.46 Å². The number of hydrogen-bond donors (Lipinski definition) is 1. The molecular weight excluding hydrogens is 424 g/mol. The van der Waals surface area contributed by atoms with Crippen LogP contribution in [-0.4, -0.2) is 18.0 Å². The van der Waals surface area contributed by atoms with Gasteiger partial charge in [0.1, 0.15) is 10.6 Å². The van der Waals surface area contributed by atoms with Gasteiger partial charge in [-0.05, 0) is 51.1 Å². The van der Waals surface area contributed by atoms with Gasteiger partial charge < -0.3 is 4.74 Å². The Kier molecular flexibility index (Phi) is 6.46. The Labute approximate surface area is 180 Å². The van der Waals surface area contributed by atoms with Gasteiger partial charge in [0.15, 0.2) is 0 Å². The Morgan fingerprint density at radius 3 is 2.57 bits per heavy atom. The number of rotatable bonds is 7. The molecule has 156 valence electrons. The minimum absolute atomic E-state index is 0.0128. The molecule has 0 aliphatic heterocycles. The van der Waals surface area contributed by atoms with Crippen LogP contribution in [0.5, 0.6) is 11.8 Å². The molecular formula is C21H21ClN4O3S. The summed E-state index contributed by atoms with van der Waals surface area (Å²) < 4.78 is 35.9.